The van der Waals surface area contributed by atoms with Gasteiger partial charge in [0.25, 0.3) is 5.91 Å². The Bertz CT molecular complexity index is 458. The number of rotatable bonds is 2. The Morgan fingerprint density at radius 2 is 2.22 bits per heavy atom. The first-order valence-corrected chi connectivity index (χ1v) is 6.50. The quantitative estimate of drug-likeness (QED) is 0.861. The molecule has 1 aliphatic rings. The molecule has 0 radical (unpaired) electrons. The second-order valence-electron chi connectivity index (χ2n) is 5.15. The van der Waals surface area contributed by atoms with Gasteiger partial charge in [-0.25, -0.2) is 0 Å². The molecule has 1 aromatic heterocycles. The number of nitrogens with zero attached hydrogens (tertiary/aromatic N) is 2. The van der Waals surface area contributed by atoms with Crippen molar-refractivity contribution in [3.8, 4) is 0 Å². The highest BCUT2D eigenvalue weighted by atomic mass is 16.2. The molecule has 4 heteroatoms. The van der Waals surface area contributed by atoms with Gasteiger partial charge in [-0.05, 0) is 38.3 Å². The first kappa shape index (κ1) is 13.0. The van der Waals surface area contributed by atoms with Gasteiger partial charge in [0.1, 0.15) is 0 Å². The summed E-state index contributed by atoms with van der Waals surface area (Å²) in [5.41, 5.74) is 8.23. The minimum Gasteiger partial charge on any atom is -0.334 e. The van der Waals surface area contributed by atoms with Crippen LogP contribution in [0.3, 0.4) is 0 Å². The minimum atomic E-state index is 0.0693. The van der Waals surface area contributed by atoms with Crippen molar-refractivity contribution in [2.24, 2.45) is 11.7 Å². The number of carbonyl (C=O) groups is 1. The van der Waals surface area contributed by atoms with Crippen LogP contribution in [0.15, 0.2) is 12.1 Å². The van der Waals surface area contributed by atoms with E-state index in [2.05, 4.69) is 11.9 Å². The Hall–Kier alpha value is -1.42. The van der Waals surface area contributed by atoms with E-state index in [1.165, 1.54) is 0 Å². The third-order valence-electron chi connectivity index (χ3n) is 3.84. The molecule has 1 amide bonds. The summed E-state index contributed by atoms with van der Waals surface area (Å²) in [4.78, 5) is 18.8. The van der Waals surface area contributed by atoms with Gasteiger partial charge in [-0.15, -0.1) is 0 Å². The van der Waals surface area contributed by atoms with Crippen LogP contribution in [0, 0.1) is 19.8 Å². The smallest absolute Gasteiger partial charge is 0.255 e. The maximum Gasteiger partial charge on any atom is 0.255 e. The van der Waals surface area contributed by atoms with Crippen molar-refractivity contribution in [2.75, 3.05) is 13.1 Å². The molecule has 1 aliphatic heterocycles. The SMILES string of the molecule is Cc1ccc(C(=O)N2CCC(C)C2CN)c(C)n1. The van der Waals surface area contributed by atoms with Crippen molar-refractivity contribution in [3.63, 3.8) is 0 Å². The summed E-state index contributed by atoms with van der Waals surface area (Å²) in [7, 11) is 0. The molecular weight excluding hydrogens is 226 g/mol. The molecule has 0 bridgehead atoms. The first-order chi connectivity index (χ1) is 8.54. The average molecular weight is 247 g/mol. The zero-order valence-corrected chi connectivity index (χ0v) is 11.3. The van der Waals surface area contributed by atoms with Crippen molar-refractivity contribution in [2.45, 2.75) is 33.2 Å². The number of carbonyl (C=O) groups excluding carboxylic acids is 1. The van der Waals surface area contributed by atoms with Gasteiger partial charge in [0.15, 0.2) is 0 Å². The summed E-state index contributed by atoms with van der Waals surface area (Å²) in [5.74, 6) is 0.553. The Morgan fingerprint density at radius 1 is 1.50 bits per heavy atom. The molecule has 0 saturated carbocycles. The summed E-state index contributed by atoms with van der Waals surface area (Å²) >= 11 is 0. The van der Waals surface area contributed by atoms with E-state index in [0.29, 0.717) is 18.0 Å². The van der Waals surface area contributed by atoms with E-state index in [4.69, 9.17) is 5.73 Å². The predicted molar refractivity (Wildman–Crippen MR) is 71.4 cm³/mol. The van der Waals surface area contributed by atoms with Crippen molar-refractivity contribution in [1.82, 2.24) is 9.88 Å². The number of aryl methyl sites for hydroxylation is 2. The molecule has 98 valence electrons. The molecule has 1 saturated heterocycles. The second kappa shape index (κ2) is 5.06. The fourth-order valence-corrected chi connectivity index (χ4v) is 2.69. The molecule has 1 fully saturated rings. The number of pyridine rings is 1. The van der Waals surface area contributed by atoms with Gasteiger partial charge in [0.05, 0.1) is 11.3 Å². The van der Waals surface area contributed by atoms with E-state index in [9.17, 15) is 4.79 Å². The molecule has 0 aliphatic carbocycles. The van der Waals surface area contributed by atoms with Crippen LogP contribution in [0.2, 0.25) is 0 Å². The first-order valence-electron chi connectivity index (χ1n) is 6.50. The number of aromatic nitrogens is 1. The van der Waals surface area contributed by atoms with Crippen LogP contribution in [-0.2, 0) is 0 Å². The maximum atomic E-state index is 12.5. The van der Waals surface area contributed by atoms with Crippen LogP contribution in [0.25, 0.3) is 0 Å². The van der Waals surface area contributed by atoms with Gasteiger partial charge in [-0.1, -0.05) is 6.92 Å². The van der Waals surface area contributed by atoms with Crippen LogP contribution < -0.4 is 5.73 Å². The Labute approximate surface area is 108 Å². The molecule has 2 rings (SSSR count). The van der Waals surface area contributed by atoms with Gasteiger partial charge in [0, 0.05) is 24.8 Å². The van der Waals surface area contributed by atoms with Crippen molar-refractivity contribution >= 4 is 5.91 Å². The lowest BCUT2D eigenvalue weighted by atomic mass is 10.0. The summed E-state index contributed by atoms with van der Waals surface area (Å²) in [5, 5.41) is 0. The van der Waals surface area contributed by atoms with E-state index in [-0.39, 0.29) is 11.9 Å². The molecule has 0 spiro atoms. The highest BCUT2D eigenvalue weighted by molar-refractivity contribution is 5.95. The standard InChI is InChI=1S/C14H21N3O/c1-9-6-7-17(13(9)8-15)14(18)12-5-4-10(2)16-11(12)3/h4-5,9,13H,6-8,15H2,1-3H3. The zero-order chi connectivity index (χ0) is 13.3. The fraction of sp³-hybridized carbons (Fsp3) is 0.571. The zero-order valence-electron chi connectivity index (χ0n) is 11.3. The third kappa shape index (κ3) is 2.25. The molecular formula is C14H21N3O. The summed E-state index contributed by atoms with van der Waals surface area (Å²) in [6, 6.07) is 3.92. The number of hydrogen-bond donors (Lipinski definition) is 1. The number of amides is 1. The van der Waals surface area contributed by atoms with Gasteiger partial charge in [-0.2, -0.15) is 0 Å². The van der Waals surface area contributed by atoms with E-state index >= 15 is 0 Å². The van der Waals surface area contributed by atoms with Crippen LogP contribution in [0.5, 0.6) is 0 Å². The van der Waals surface area contributed by atoms with Crippen LogP contribution in [-0.4, -0.2) is 34.9 Å². The van der Waals surface area contributed by atoms with Crippen molar-refractivity contribution in [3.05, 3.63) is 29.1 Å². The van der Waals surface area contributed by atoms with Crippen molar-refractivity contribution in [1.29, 1.82) is 0 Å². The minimum absolute atomic E-state index is 0.0693. The summed E-state index contributed by atoms with van der Waals surface area (Å²) in [6.07, 6.45) is 1.03. The molecule has 2 atom stereocenters. The van der Waals surface area contributed by atoms with E-state index < -0.39 is 0 Å². The molecule has 2 heterocycles. The van der Waals surface area contributed by atoms with Crippen LogP contribution in [0.1, 0.15) is 35.1 Å². The van der Waals surface area contributed by atoms with E-state index in [1.54, 1.807) is 0 Å². The summed E-state index contributed by atoms with van der Waals surface area (Å²) in [6.45, 7) is 7.31. The van der Waals surface area contributed by atoms with Crippen LogP contribution in [0.4, 0.5) is 0 Å². The Balaban J connectivity index is 2.26. The van der Waals surface area contributed by atoms with Gasteiger partial charge >= 0.3 is 0 Å². The lowest BCUT2D eigenvalue weighted by Gasteiger charge is -2.26. The molecule has 2 unspecified atom stereocenters. The lowest BCUT2D eigenvalue weighted by Crippen LogP contribution is -2.42. The normalized spacial score (nSPS) is 23.4. The number of nitrogens with two attached hydrogens (primary N) is 1. The van der Waals surface area contributed by atoms with Gasteiger partial charge < -0.3 is 10.6 Å². The molecule has 2 N–H and O–H groups in total. The fourth-order valence-electron chi connectivity index (χ4n) is 2.69. The third-order valence-corrected chi connectivity index (χ3v) is 3.84. The van der Waals surface area contributed by atoms with Crippen LogP contribution >= 0.6 is 0 Å². The highest BCUT2D eigenvalue weighted by Gasteiger charge is 2.34. The Morgan fingerprint density at radius 3 is 2.83 bits per heavy atom. The van der Waals surface area contributed by atoms with Gasteiger partial charge in [-0.3, -0.25) is 9.78 Å². The number of likely N-dealkylation sites (tertiary alicyclic amines) is 1. The molecule has 18 heavy (non-hydrogen) atoms. The molecule has 4 nitrogen and oxygen atoms in total. The van der Waals surface area contributed by atoms with Crippen molar-refractivity contribution < 1.29 is 4.79 Å². The largest absolute Gasteiger partial charge is 0.334 e. The maximum absolute atomic E-state index is 12.5. The topological polar surface area (TPSA) is 59.2 Å². The monoisotopic (exact) mass is 247 g/mol. The van der Waals surface area contributed by atoms with E-state index in [1.807, 2.05) is 30.9 Å². The lowest BCUT2D eigenvalue weighted by molar-refractivity contribution is 0.0726. The molecule has 1 aromatic rings. The Kier molecular flexibility index (Phi) is 3.66. The average Bonchev–Trinajstić information content (AvgIpc) is 2.69. The second-order valence-corrected chi connectivity index (χ2v) is 5.15. The predicted octanol–water partition coefficient (Wildman–Crippen LogP) is 1.51. The van der Waals surface area contributed by atoms with E-state index in [0.717, 1.165) is 24.4 Å². The highest BCUT2D eigenvalue weighted by Crippen LogP contribution is 2.25. The molecule has 0 aromatic carbocycles. The number of hydrogen-bond acceptors (Lipinski definition) is 3. The van der Waals surface area contributed by atoms with Gasteiger partial charge in [0.2, 0.25) is 0 Å². The summed E-state index contributed by atoms with van der Waals surface area (Å²) < 4.78 is 0.